The van der Waals surface area contributed by atoms with E-state index in [0.717, 1.165) is 18.7 Å². The van der Waals surface area contributed by atoms with Crippen molar-refractivity contribution in [3.8, 4) is 0 Å². The van der Waals surface area contributed by atoms with Gasteiger partial charge in [-0.15, -0.1) is 0 Å². The van der Waals surface area contributed by atoms with Gasteiger partial charge in [0.15, 0.2) is 0 Å². The zero-order valence-electron chi connectivity index (χ0n) is 11.5. The highest BCUT2D eigenvalue weighted by atomic mass is 15.3. The third kappa shape index (κ3) is 2.31. The van der Waals surface area contributed by atoms with E-state index in [2.05, 4.69) is 17.1 Å². The van der Waals surface area contributed by atoms with Crippen LogP contribution < -0.4 is 5.73 Å². The summed E-state index contributed by atoms with van der Waals surface area (Å²) in [5, 5.41) is 8.74. The van der Waals surface area contributed by atoms with Crippen LogP contribution in [-0.2, 0) is 20.0 Å². The first-order chi connectivity index (χ1) is 8.50. The highest BCUT2D eigenvalue weighted by Gasteiger charge is 2.14. The van der Waals surface area contributed by atoms with Crippen LogP contribution in [0.3, 0.4) is 0 Å². The van der Waals surface area contributed by atoms with Gasteiger partial charge < -0.3 is 5.73 Å². The number of aromatic nitrogens is 4. The van der Waals surface area contributed by atoms with Gasteiger partial charge in [-0.2, -0.15) is 10.2 Å². The maximum atomic E-state index is 5.98. The van der Waals surface area contributed by atoms with Crippen LogP contribution in [0.1, 0.15) is 35.6 Å². The number of nitrogens with zero attached hydrogens (tertiary/aromatic N) is 4. The molecule has 5 nitrogen and oxygen atoms in total. The summed E-state index contributed by atoms with van der Waals surface area (Å²) in [6.07, 6.45) is 2.75. The van der Waals surface area contributed by atoms with Crippen molar-refractivity contribution in [1.29, 1.82) is 0 Å². The molecule has 2 rings (SSSR count). The molecule has 0 saturated heterocycles. The Morgan fingerprint density at radius 2 is 2.11 bits per heavy atom. The summed E-state index contributed by atoms with van der Waals surface area (Å²) in [6.45, 7) is 6.97. The smallest absolute Gasteiger partial charge is 0.0644 e. The van der Waals surface area contributed by atoms with Gasteiger partial charge >= 0.3 is 0 Å². The van der Waals surface area contributed by atoms with E-state index in [1.165, 1.54) is 17.0 Å². The molecule has 2 aromatic heterocycles. The molecule has 0 aliphatic rings. The molecule has 1 atom stereocenters. The largest absolute Gasteiger partial charge is 0.324 e. The molecule has 5 heteroatoms. The molecule has 2 heterocycles. The number of nitrogens with two attached hydrogens (primary N) is 1. The minimum absolute atomic E-state index is 0.0375. The maximum absolute atomic E-state index is 5.98. The van der Waals surface area contributed by atoms with Gasteiger partial charge in [0.05, 0.1) is 5.69 Å². The van der Waals surface area contributed by atoms with E-state index in [1.807, 2.05) is 42.5 Å². The van der Waals surface area contributed by atoms with E-state index in [1.54, 1.807) is 0 Å². The molecule has 2 N–H and O–H groups in total. The molecule has 0 fully saturated rings. The summed E-state index contributed by atoms with van der Waals surface area (Å²) in [5.74, 6) is 0. The molecule has 0 bridgehead atoms. The number of aryl methyl sites for hydroxylation is 4. The van der Waals surface area contributed by atoms with Crippen LogP contribution in [0.5, 0.6) is 0 Å². The van der Waals surface area contributed by atoms with Gasteiger partial charge in [-0.3, -0.25) is 9.36 Å². The molecule has 0 saturated carbocycles. The van der Waals surface area contributed by atoms with Gasteiger partial charge in [0.25, 0.3) is 0 Å². The molecule has 18 heavy (non-hydrogen) atoms. The van der Waals surface area contributed by atoms with Crippen molar-refractivity contribution in [2.75, 3.05) is 0 Å². The predicted molar refractivity (Wildman–Crippen MR) is 71.2 cm³/mol. The summed E-state index contributed by atoms with van der Waals surface area (Å²) in [5.41, 5.74) is 10.6. The lowest BCUT2D eigenvalue weighted by molar-refractivity contribution is 0.569. The van der Waals surface area contributed by atoms with Crippen LogP contribution in [0.25, 0.3) is 0 Å². The quantitative estimate of drug-likeness (QED) is 0.890. The van der Waals surface area contributed by atoms with Gasteiger partial charge in [0.2, 0.25) is 0 Å². The molecule has 0 radical (unpaired) electrons. The fraction of sp³-hybridized carbons (Fsp3) is 0.538. The van der Waals surface area contributed by atoms with Gasteiger partial charge in [0.1, 0.15) is 0 Å². The molecule has 1 unspecified atom stereocenters. The molecule has 2 aromatic rings. The monoisotopic (exact) mass is 247 g/mol. The summed E-state index contributed by atoms with van der Waals surface area (Å²) < 4.78 is 3.94. The summed E-state index contributed by atoms with van der Waals surface area (Å²) >= 11 is 0. The minimum atomic E-state index is 0.0375. The van der Waals surface area contributed by atoms with Crippen molar-refractivity contribution < 1.29 is 0 Å². The van der Waals surface area contributed by atoms with Crippen molar-refractivity contribution in [1.82, 2.24) is 19.6 Å². The Labute approximate surface area is 108 Å². The number of hydrogen-bond acceptors (Lipinski definition) is 3. The van der Waals surface area contributed by atoms with E-state index in [4.69, 9.17) is 5.73 Å². The van der Waals surface area contributed by atoms with E-state index in [-0.39, 0.29) is 6.04 Å². The van der Waals surface area contributed by atoms with Gasteiger partial charge in [-0.05, 0) is 26.8 Å². The predicted octanol–water partition coefficient (Wildman–Crippen LogP) is 1.50. The second kappa shape index (κ2) is 4.94. The Kier molecular flexibility index (Phi) is 3.52. The molecular weight excluding hydrogens is 226 g/mol. The lowest BCUT2D eigenvalue weighted by Gasteiger charge is -2.08. The Hall–Kier alpha value is -1.62. The first kappa shape index (κ1) is 12.8. The molecule has 0 aliphatic heterocycles. The van der Waals surface area contributed by atoms with Crippen LogP contribution in [0.15, 0.2) is 12.3 Å². The molecule has 0 aliphatic carbocycles. The second-order valence-electron chi connectivity index (χ2n) is 4.79. The van der Waals surface area contributed by atoms with E-state index in [0.29, 0.717) is 0 Å². The normalized spacial score (nSPS) is 12.9. The first-order valence-corrected chi connectivity index (χ1v) is 6.27. The minimum Gasteiger partial charge on any atom is -0.324 e. The average Bonchev–Trinajstić information content (AvgIpc) is 2.80. The fourth-order valence-electron chi connectivity index (χ4n) is 2.45. The Balaban J connectivity index is 2.16. The van der Waals surface area contributed by atoms with Crippen LogP contribution in [0.2, 0.25) is 0 Å². The summed E-state index contributed by atoms with van der Waals surface area (Å²) in [7, 11) is 1.96. The highest BCUT2D eigenvalue weighted by Crippen LogP contribution is 2.19. The SMILES string of the molecule is Cc1nn(CCc2ccnn2C)c(C)c1C(C)N. The van der Waals surface area contributed by atoms with E-state index in [9.17, 15) is 0 Å². The van der Waals surface area contributed by atoms with E-state index < -0.39 is 0 Å². The van der Waals surface area contributed by atoms with Gasteiger partial charge in [-0.1, -0.05) is 0 Å². The summed E-state index contributed by atoms with van der Waals surface area (Å²) in [4.78, 5) is 0. The molecule has 98 valence electrons. The van der Waals surface area contributed by atoms with Gasteiger partial charge in [0, 0.05) is 49.2 Å². The fourth-order valence-corrected chi connectivity index (χ4v) is 2.45. The van der Waals surface area contributed by atoms with Crippen molar-refractivity contribution in [3.05, 3.63) is 34.9 Å². The van der Waals surface area contributed by atoms with Crippen molar-refractivity contribution in [2.45, 2.75) is 39.8 Å². The standard InChI is InChI=1S/C13H21N5/c1-9(14)13-10(2)16-18(11(13)3)8-6-12-5-7-15-17(12)4/h5,7,9H,6,8,14H2,1-4H3. The topological polar surface area (TPSA) is 61.7 Å². The number of hydrogen-bond donors (Lipinski definition) is 1. The zero-order valence-corrected chi connectivity index (χ0v) is 11.5. The van der Waals surface area contributed by atoms with Crippen molar-refractivity contribution in [3.63, 3.8) is 0 Å². The first-order valence-electron chi connectivity index (χ1n) is 6.27. The van der Waals surface area contributed by atoms with Crippen LogP contribution in [0.4, 0.5) is 0 Å². The lowest BCUT2D eigenvalue weighted by atomic mass is 10.1. The van der Waals surface area contributed by atoms with Crippen LogP contribution >= 0.6 is 0 Å². The Morgan fingerprint density at radius 3 is 2.61 bits per heavy atom. The Morgan fingerprint density at radius 1 is 1.39 bits per heavy atom. The second-order valence-corrected chi connectivity index (χ2v) is 4.79. The van der Waals surface area contributed by atoms with Crippen LogP contribution in [0, 0.1) is 13.8 Å². The van der Waals surface area contributed by atoms with Crippen molar-refractivity contribution in [2.24, 2.45) is 12.8 Å². The summed E-state index contributed by atoms with van der Waals surface area (Å²) in [6, 6.07) is 2.08. The Bertz CT molecular complexity index is 536. The highest BCUT2D eigenvalue weighted by molar-refractivity contribution is 5.27. The van der Waals surface area contributed by atoms with E-state index >= 15 is 0 Å². The third-order valence-electron chi connectivity index (χ3n) is 3.40. The maximum Gasteiger partial charge on any atom is 0.0644 e. The molecular formula is C13H21N5. The van der Waals surface area contributed by atoms with Crippen molar-refractivity contribution >= 4 is 0 Å². The lowest BCUT2D eigenvalue weighted by Crippen LogP contribution is -2.10. The van der Waals surface area contributed by atoms with Gasteiger partial charge in [-0.25, -0.2) is 0 Å². The average molecular weight is 247 g/mol. The zero-order chi connectivity index (χ0) is 13.3. The third-order valence-corrected chi connectivity index (χ3v) is 3.40. The number of rotatable bonds is 4. The molecule has 0 amide bonds. The molecule has 0 spiro atoms. The molecule has 0 aromatic carbocycles. The van der Waals surface area contributed by atoms with Crippen LogP contribution in [-0.4, -0.2) is 19.6 Å².